The number of amides is 2. The molecule has 19 heavy (non-hydrogen) atoms. The standard InChI is InChI=1S/C12H24N2O5/c1-9(2)8-10(11(16)17)13-12(18)14(4-6-15)5-7-19-3/h9-10,15H,4-8H2,1-3H3,(H,13,18)(H,16,17)/t10-/m1/s1. The van der Waals surface area contributed by atoms with E-state index in [0.717, 1.165) is 0 Å². The molecule has 0 radical (unpaired) electrons. The van der Waals surface area contributed by atoms with E-state index < -0.39 is 18.0 Å². The third-order valence-corrected chi connectivity index (χ3v) is 2.53. The molecule has 0 aromatic heterocycles. The van der Waals surface area contributed by atoms with Gasteiger partial charge in [-0.25, -0.2) is 9.59 Å². The largest absolute Gasteiger partial charge is 0.480 e. The third-order valence-electron chi connectivity index (χ3n) is 2.53. The van der Waals surface area contributed by atoms with Gasteiger partial charge in [-0.2, -0.15) is 0 Å². The zero-order chi connectivity index (χ0) is 14.8. The summed E-state index contributed by atoms with van der Waals surface area (Å²) in [5.74, 6) is -0.899. The van der Waals surface area contributed by atoms with Gasteiger partial charge in [-0.1, -0.05) is 13.8 Å². The van der Waals surface area contributed by atoms with Crippen LogP contribution in [-0.2, 0) is 9.53 Å². The van der Waals surface area contributed by atoms with Crippen LogP contribution in [0.2, 0.25) is 0 Å². The number of nitrogens with zero attached hydrogens (tertiary/aromatic N) is 1. The van der Waals surface area contributed by atoms with Crippen molar-refractivity contribution in [1.29, 1.82) is 0 Å². The van der Waals surface area contributed by atoms with Crippen molar-refractivity contribution in [2.75, 3.05) is 33.4 Å². The number of carboxylic acids is 1. The number of aliphatic hydroxyl groups is 1. The molecular weight excluding hydrogens is 252 g/mol. The number of hydrogen-bond donors (Lipinski definition) is 3. The Balaban J connectivity index is 4.51. The minimum atomic E-state index is -1.06. The number of rotatable bonds is 9. The highest BCUT2D eigenvalue weighted by molar-refractivity contribution is 5.82. The van der Waals surface area contributed by atoms with Gasteiger partial charge < -0.3 is 25.2 Å². The molecule has 0 saturated carbocycles. The Morgan fingerprint density at radius 2 is 1.95 bits per heavy atom. The molecule has 0 aromatic carbocycles. The van der Waals surface area contributed by atoms with Crippen LogP contribution < -0.4 is 5.32 Å². The summed E-state index contributed by atoms with van der Waals surface area (Å²) in [7, 11) is 1.51. The minimum Gasteiger partial charge on any atom is -0.480 e. The first kappa shape index (κ1) is 17.7. The van der Waals surface area contributed by atoms with Crippen molar-refractivity contribution in [3.05, 3.63) is 0 Å². The first-order valence-electron chi connectivity index (χ1n) is 6.30. The maximum Gasteiger partial charge on any atom is 0.326 e. The molecule has 1 atom stereocenters. The molecule has 7 nitrogen and oxygen atoms in total. The van der Waals surface area contributed by atoms with Crippen molar-refractivity contribution >= 4 is 12.0 Å². The molecule has 3 N–H and O–H groups in total. The Kier molecular flexibility index (Phi) is 8.90. The second-order valence-electron chi connectivity index (χ2n) is 4.67. The second-order valence-corrected chi connectivity index (χ2v) is 4.67. The molecule has 7 heteroatoms. The van der Waals surface area contributed by atoms with E-state index in [4.69, 9.17) is 14.9 Å². The number of aliphatic hydroxyl groups excluding tert-OH is 1. The van der Waals surface area contributed by atoms with Gasteiger partial charge in [0.05, 0.1) is 13.2 Å². The fourth-order valence-electron chi connectivity index (χ4n) is 1.57. The summed E-state index contributed by atoms with van der Waals surface area (Å²) in [5, 5.41) is 20.4. The van der Waals surface area contributed by atoms with E-state index in [0.29, 0.717) is 19.6 Å². The number of ether oxygens (including phenoxy) is 1. The molecule has 0 aliphatic rings. The Morgan fingerprint density at radius 1 is 1.32 bits per heavy atom. The molecule has 0 spiro atoms. The minimum absolute atomic E-state index is 0.142. The van der Waals surface area contributed by atoms with E-state index in [-0.39, 0.29) is 19.1 Å². The average molecular weight is 276 g/mol. The topological polar surface area (TPSA) is 99.1 Å². The lowest BCUT2D eigenvalue weighted by Gasteiger charge is -2.24. The van der Waals surface area contributed by atoms with E-state index in [9.17, 15) is 9.59 Å². The molecule has 0 aromatic rings. The summed E-state index contributed by atoms with van der Waals surface area (Å²) < 4.78 is 4.87. The van der Waals surface area contributed by atoms with Crippen molar-refractivity contribution < 1.29 is 24.5 Å². The molecular formula is C12H24N2O5. The van der Waals surface area contributed by atoms with Crippen LogP contribution in [0, 0.1) is 5.92 Å². The van der Waals surface area contributed by atoms with Crippen molar-refractivity contribution in [1.82, 2.24) is 10.2 Å². The number of urea groups is 1. The fraction of sp³-hybridized carbons (Fsp3) is 0.833. The first-order valence-corrected chi connectivity index (χ1v) is 6.30. The highest BCUT2D eigenvalue weighted by atomic mass is 16.5. The Morgan fingerprint density at radius 3 is 2.37 bits per heavy atom. The summed E-state index contributed by atoms with van der Waals surface area (Å²) >= 11 is 0. The molecule has 0 fully saturated rings. The van der Waals surface area contributed by atoms with Gasteiger partial charge in [0.25, 0.3) is 0 Å². The van der Waals surface area contributed by atoms with Crippen molar-refractivity contribution in [2.45, 2.75) is 26.3 Å². The predicted molar refractivity (Wildman–Crippen MR) is 69.9 cm³/mol. The summed E-state index contributed by atoms with van der Waals surface area (Å²) in [4.78, 5) is 24.3. The molecule has 0 heterocycles. The van der Waals surface area contributed by atoms with Gasteiger partial charge in [0, 0.05) is 20.2 Å². The van der Waals surface area contributed by atoms with Crippen LogP contribution in [0.5, 0.6) is 0 Å². The van der Waals surface area contributed by atoms with Crippen LogP contribution in [0.3, 0.4) is 0 Å². The number of aliphatic carboxylic acids is 1. The number of nitrogens with one attached hydrogen (secondary N) is 1. The number of carbonyl (C=O) groups is 2. The van der Waals surface area contributed by atoms with Gasteiger partial charge >= 0.3 is 12.0 Å². The monoisotopic (exact) mass is 276 g/mol. The summed E-state index contributed by atoms with van der Waals surface area (Å²) in [6.45, 7) is 4.37. The number of carbonyl (C=O) groups excluding carboxylic acids is 1. The van der Waals surface area contributed by atoms with Gasteiger partial charge in [-0.3, -0.25) is 0 Å². The molecule has 0 aliphatic heterocycles. The molecule has 0 bridgehead atoms. The normalized spacial score (nSPS) is 12.3. The van der Waals surface area contributed by atoms with Crippen molar-refractivity contribution in [2.24, 2.45) is 5.92 Å². The third kappa shape index (κ3) is 7.63. The first-order chi connectivity index (χ1) is 8.92. The summed E-state index contributed by atoms with van der Waals surface area (Å²) in [5.41, 5.74) is 0. The maximum atomic E-state index is 11.9. The zero-order valence-corrected chi connectivity index (χ0v) is 11.8. The fourth-order valence-corrected chi connectivity index (χ4v) is 1.57. The highest BCUT2D eigenvalue weighted by Crippen LogP contribution is 2.05. The molecule has 112 valence electrons. The van der Waals surface area contributed by atoms with Crippen molar-refractivity contribution in [3.8, 4) is 0 Å². The molecule has 0 rings (SSSR count). The Bertz CT molecular complexity index is 283. The smallest absolute Gasteiger partial charge is 0.326 e. The SMILES string of the molecule is COCCN(CCO)C(=O)N[C@H](CC(C)C)C(=O)O. The molecule has 0 unspecified atom stereocenters. The van der Waals surface area contributed by atoms with E-state index in [1.54, 1.807) is 0 Å². The second kappa shape index (κ2) is 9.57. The summed E-state index contributed by atoms with van der Waals surface area (Å²) in [6.07, 6.45) is 0.359. The number of carboxylic acid groups (broad SMARTS) is 1. The van der Waals surface area contributed by atoms with Crippen LogP contribution in [0.1, 0.15) is 20.3 Å². The van der Waals surface area contributed by atoms with E-state index in [1.807, 2.05) is 13.8 Å². The zero-order valence-electron chi connectivity index (χ0n) is 11.8. The van der Waals surface area contributed by atoms with Crippen LogP contribution in [0.25, 0.3) is 0 Å². The Labute approximate surface area is 113 Å². The van der Waals surface area contributed by atoms with E-state index in [1.165, 1.54) is 12.0 Å². The lowest BCUT2D eigenvalue weighted by molar-refractivity contribution is -0.139. The van der Waals surface area contributed by atoms with Gasteiger partial charge in [0.2, 0.25) is 0 Å². The molecule has 0 aliphatic carbocycles. The number of methoxy groups -OCH3 is 1. The van der Waals surface area contributed by atoms with Gasteiger partial charge in [-0.15, -0.1) is 0 Å². The number of hydrogen-bond acceptors (Lipinski definition) is 4. The van der Waals surface area contributed by atoms with Gasteiger partial charge in [0.15, 0.2) is 0 Å². The quantitative estimate of drug-likeness (QED) is 0.556. The molecule has 2 amide bonds. The molecule has 0 saturated heterocycles. The highest BCUT2D eigenvalue weighted by Gasteiger charge is 2.23. The van der Waals surface area contributed by atoms with Crippen LogP contribution >= 0.6 is 0 Å². The van der Waals surface area contributed by atoms with Crippen LogP contribution in [-0.4, -0.2) is 66.6 Å². The van der Waals surface area contributed by atoms with Crippen LogP contribution in [0.15, 0.2) is 0 Å². The van der Waals surface area contributed by atoms with Crippen LogP contribution in [0.4, 0.5) is 4.79 Å². The van der Waals surface area contributed by atoms with Gasteiger partial charge in [-0.05, 0) is 12.3 Å². The van der Waals surface area contributed by atoms with E-state index >= 15 is 0 Å². The predicted octanol–water partition coefficient (Wildman–Crippen LogP) is 0.136. The lowest BCUT2D eigenvalue weighted by atomic mass is 10.0. The average Bonchev–Trinajstić information content (AvgIpc) is 2.32. The van der Waals surface area contributed by atoms with Crippen molar-refractivity contribution in [3.63, 3.8) is 0 Å². The lowest BCUT2D eigenvalue weighted by Crippen LogP contribution is -2.50. The summed E-state index contributed by atoms with van der Waals surface area (Å²) in [6, 6.07) is -1.42. The van der Waals surface area contributed by atoms with Gasteiger partial charge in [0.1, 0.15) is 6.04 Å². The Hall–Kier alpha value is -1.34. The van der Waals surface area contributed by atoms with E-state index in [2.05, 4.69) is 5.32 Å². The maximum absolute atomic E-state index is 11.9.